The quantitative estimate of drug-likeness (QED) is 0.664. The van der Waals surface area contributed by atoms with Crippen LogP contribution < -0.4 is 0 Å². The van der Waals surface area contributed by atoms with Crippen LogP contribution >= 0.6 is 11.8 Å². The highest BCUT2D eigenvalue weighted by molar-refractivity contribution is 7.99. The molecule has 0 aliphatic heterocycles. The Morgan fingerprint density at radius 2 is 2.27 bits per heavy atom. The first-order chi connectivity index (χ1) is 5.22. The normalized spacial score (nSPS) is 12.9. The van der Waals surface area contributed by atoms with E-state index in [1.807, 2.05) is 6.92 Å². The van der Waals surface area contributed by atoms with E-state index in [1.54, 1.807) is 18.7 Å². The molecule has 0 aromatic heterocycles. The highest BCUT2D eigenvalue weighted by Gasteiger charge is 2.16. The Labute approximate surface area is 71.1 Å². The van der Waals surface area contributed by atoms with E-state index >= 15 is 0 Å². The monoisotopic (exact) mass is 178 g/mol. The van der Waals surface area contributed by atoms with Crippen LogP contribution in [0.3, 0.4) is 0 Å². The molecule has 0 bridgehead atoms. The fourth-order valence-corrected chi connectivity index (χ4v) is 1.31. The maximum atomic E-state index is 10.5. The van der Waals surface area contributed by atoms with E-state index in [9.17, 15) is 4.79 Å². The van der Waals surface area contributed by atoms with Crippen LogP contribution in [0.4, 0.5) is 0 Å². The smallest absolute Gasteiger partial charge is 0.333 e. The molecule has 0 aromatic carbocycles. The second-order valence-corrected chi connectivity index (χ2v) is 3.26. The molecule has 0 amide bonds. The highest BCUT2D eigenvalue weighted by atomic mass is 32.2. The molecule has 0 aliphatic carbocycles. The first-order valence-electron chi connectivity index (χ1n) is 3.64. The summed E-state index contributed by atoms with van der Waals surface area (Å²) in [7, 11) is 0. The van der Waals surface area contributed by atoms with Crippen molar-refractivity contribution in [2.45, 2.75) is 20.0 Å². The minimum absolute atomic E-state index is 0.460. The topological polar surface area (TPSA) is 46.5 Å². The largest absolute Gasteiger partial charge is 0.479 e. The number of hydrogen-bond donors (Lipinski definition) is 1. The summed E-state index contributed by atoms with van der Waals surface area (Å²) in [5.74, 6) is 0.601. The molecular weight excluding hydrogens is 164 g/mol. The van der Waals surface area contributed by atoms with Crippen molar-refractivity contribution in [3.8, 4) is 0 Å². The van der Waals surface area contributed by atoms with Crippen molar-refractivity contribution in [3.63, 3.8) is 0 Å². The van der Waals surface area contributed by atoms with Gasteiger partial charge in [-0.3, -0.25) is 0 Å². The molecule has 11 heavy (non-hydrogen) atoms. The summed E-state index contributed by atoms with van der Waals surface area (Å²) in [5.41, 5.74) is 0. The van der Waals surface area contributed by atoms with Crippen LogP contribution in [0.15, 0.2) is 0 Å². The van der Waals surface area contributed by atoms with E-state index in [1.165, 1.54) is 0 Å². The Bertz CT molecular complexity index is 116. The van der Waals surface area contributed by atoms with Crippen LogP contribution in [0.5, 0.6) is 0 Å². The van der Waals surface area contributed by atoms with Gasteiger partial charge < -0.3 is 9.84 Å². The van der Waals surface area contributed by atoms with Gasteiger partial charge >= 0.3 is 5.97 Å². The van der Waals surface area contributed by atoms with Crippen LogP contribution in [0, 0.1) is 0 Å². The third-order valence-corrected chi connectivity index (χ3v) is 2.06. The standard InChI is InChI=1S/C7H14O3S/c1-3-10-6(7(8)9)5-11-4-2/h6H,3-5H2,1-2H3,(H,8,9). The lowest BCUT2D eigenvalue weighted by atomic mass is 10.4. The van der Waals surface area contributed by atoms with Crippen molar-refractivity contribution in [3.05, 3.63) is 0 Å². The summed E-state index contributed by atoms with van der Waals surface area (Å²) >= 11 is 1.58. The zero-order chi connectivity index (χ0) is 8.69. The summed E-state index contributed by atoms with van der Waals surface area (Å²) in [6.45, 7) is 4.25. The number of carboxylic acid groups (broad SMARTS) is 1. The van der Waals surface area contributed by atoms with Gasteiger partial charge in [0.25, 0.3) is 0 Å². The summed E-state index contributed by atoms with van der Waals surface area (Å²) in [4.78, 5) is 10.5. The van der Waals surface area contributed by atoms with Gasteiger partial charge in [0.05, 0.1) is 0 Å². The Hall–Kier alpha value is -0.220. The number of thioether (sulfide) groups is 1. The Morgan fingerprint density at radius 1 is 1.64 bits per heavy atom. The van der Waals surface area contributed by atoms with Crippen molar-refractivity contribution in [2.24, 2.45) is 0 Å². The lowest BCUT2D eigenvalue weighted by molar-refractivity contribution is -0.148. The number of rotatable bonds is 6. The average molecular weight is 178 g/mol. The minimum atomic E-state index is -0.868. The molecule has 1 N–H and O–H groups in total. The van der Waals surface area contributed by atoms with Crippen molar-refractivity contribution in [2.75, 3.05) is 18.1 Å². The van der Waals surface area contributed by atoms with E-state index < -0.39 is 12.1 Å². The van der Waals surface area contributed by atoms with Gasteiger partial charge in [-0.1, -0.05) is 6.92 Å². The average Bonchev–Trinajstić information content (AvgIpc) is 1.97. The molecule has 0 saturated carbocycles. The van der Waals surface area contributed by atoms with E-state index in [2.05, 4.69) is 0 Å². The molecule has 0 aliphatic rings. The van der Waals surface area contributed by atoms with Gasteiger partial charge in [-0.15, -0.1) is 0 Å². The minimum Gasteiger partial charge on any atom is -0.479 e. The molecule has 1 unspecified atom stereocenters. The predicted molar refractivity (Wildman–Crippen MR) is 46.0 cm³/mol. The maximum Gasteiger partial charge on any atom is 0.333 e. The first-order valence-corrected chi connectivity index (χ1v) is 4.80. The van der Waals surface area contributed by atoms with Crippen LogP contribution in [0.25, 0.3) is 0 Å². The molecule has 0 fully saturated rings. The number of hydrogen-bond acceptors (Lipinski definition) is 3. The lowest BCUT2D eigenvalue weighted by Gasteiger charge is -2.10. The Balaban J connectivity index is 3.60. The Morgan fingerprint density at radius 3 is 2.64 bits per heavy atom. The van der Waals surface area contributed by atoms with E-state index in [4.69, 9.17) is 9.84 Å². The van der Waals surface area contributed by atoms with Crippen LogP contribution in [-0.2, 0) is 9.53 Å². The van der Waals surface area contributed by atoms with Gasteiger partial charge in [-0.2, -0.15) is 11.8 Å². The molecule has 66 valence electrons. The van der Waals surface area contributed by atoms with Gasteiger partial charge in [0.15, 0.2) is 6.10 Å². The highest BCUT2D eigenvalue weighted by Crippen LogP contribution is 2.05. The predicted octanol–water partition coefficient (Wildman–Crippen LogP) is 1.23. The van der Waals surface area contributed by atoms with E-state index in [0.29, 0.717) is 12.4 Å². The molecule has 4 heteroatoms. The Kier molecular flexibility index (Phi) is 6.36. The number of carbonyl (C=O) groups is 1. The number of aliphatic carboxylic acids is 1. The lowest BCUT2D eigenvalue weighted by Crippen LogP contribution is -2.26. The molecule has 0 saturated heterocycles. The van der Waals surface area contributed by atoms with Crippen LogP contribution in [0.2, 0.25) is 0 Å². The van der Waals surface area contributed by atoms with Crippen molar-refractivity contribution >= 4 is 17.7 Å². The molecule has 0 spiro atoms. The summed E-state index contributed by atoms with van der Waals surface area (Å²) in [6.07, 6.45) is -0.634. The van der Waals surface area contributed by atoms with Gasteiger partial charge in [0.2, 0.25) is 0 Å². The maximum absolute atomic E-state index is 10.5. The van der Waals surface area contributed by atoms with Crippen molar-refractivity contribution in [1.82, 2.24) is 0 Å². The fraction of sp³-hybridized carbons (Fsp3) is 0.857. The SMILES string of the molecule is CCOC(CSCC)C(=O)O. The summed E-state index contributed by atoms with van der Waals surface area (Å²) < 4.78 is 4.99. The molecule has 1 atom stereocenters. The van der Waals surface area contributed by atoms with E-state index in [-0.39, 0.29) is 0 Å². The van der Waals surface area contributed by atoms with Gasteiger partial charge in [0.1, 0.15) is 0 Å². The van der Waals surface area contributed by atoms with Crippen molar-refractivity contribution < 1.29 is 14.6 Å². The molecule has 3 nitrogen and oxygen atoms in total. The van der Waals surface area contributed by atoms with Gasteiger partial charge in [-0.05, 0) is 12.7 Å². The molecule has 0 heterocycles. The zero-order valence-corrected chi connectivity index (χ0v) is 7.69. The summed E-state index contributed by atoms with van der Waals surface area (Å²) in [5, 5.41) is 8.59. The van der Waals surface area contributed by atoms with Gasteiger partial charge in [-0.25, -0.2) is 4.79 Å². The third kappa shape index (κ3) is 5.09. The van der Waals surface area contributed by atoms with Gasteiger partial charge in [0, 0.05) is 12.4 Å². The number of carboxylic acids is 1. The van der Waals surface area contributed by atoms with Crippen LogP contribution in [-0.4, -0.2) is 35.3 Å². The second kappa shape index (κ2) is 6.49. The first kappa shape index (κ1) is 10.8. The van der Waals surface area contributed by atoms with Crippen LogP contribution in [0.1, 0.15) is 13.8 Å². The van der Waals surface area contributed by atoms with E-state index in [0.717, 1.165) is 5.75 Å². The summed E-state index contributed by atoms with van der Waals surface area (Å²) in [6, 6.07) is 0. The third-order valence-electron chi connectivity index (χ3n) is 1.12. The number of ether oxygens (including phenoxy) is 1. The fourth-order valence-electron chi connectivity index (χ4n) is 0.617. The molecule has 0 aromatic rings. The molecular formula is C7H14O3S. The molecule has 0 rings (SSSR count). The zero-order valence-electron chi connectivity index (χ0n) is 6.87. The van der Waals surface area contributed by atoms with Crippen molar-refractivity contribution in [1.29, 1.82) is 0 Å². The molecule has 0 radical (unpaired) electrons. The second-order valence-electron chi connectivity index (χ2n) is 1.94.